The van der Waals surface area contributed by atoms with Crippen LogP contribution in [0.4, 0.5) is 14.6 Å². The predicted molar refractivity (Wildman–Crippen MR) is 152 cm³/mol. The van der Waals surface area contributed by atoms with Gasteiger partial charge in [0.05, 0.1) is 32.0 Å². The average molecular weight is 584 g/mol. The second-order valence-electron chi connectivity index (χ2n) is 9.13. The first-order valence-electron chi connectivity index (χ1n) is 12.5. The fourth-order valence-electron chi connectivity index (χ4n) is 4.43. The molecule has 11 heteroatoms. The number of hydrogen-bond acceptors (Lipinski definition) is 7. The van der Waals surface area contributed by atoms with Crippen molar-refractivity contribution in [1.29, 1.82) is 0 Å². The normalized spacial score (nSPS) is 10.9. The Hall–Kier alpha value is -4.44. The Morgan fingerprint density at radius 1 is 0.951 bits per heavy atom. The van der Waals surface area contributed by atoms with Crippen molar-refractivity contribution >= 4 is 23.4 Å². The summed E-state index contributed by atoms with van der Waals surface area (Å²) in [5, 5.41) is -0.0823. The maximum atomic E-state index is 13.8. The third-order valence-electron chi connectivity index (χ3n) is 6.47. The van der Waals surface area contributed by atoms with Crippen LogP contribution in [-0.2, 0) is 17.8 Å². The zero-order valence-corrected chi connectivity index (χ0v) is 23.6. The van der Waals surface area contributed by atoms with E-state index in [1.54, 1.807) is 50.3 Å². The molecule has 41 heavy (non-hydrogen) atoms. The molecule has 3 aromatic carbocycles. The highest BCUT2D eigenvalue weighted by atomic mass is 35.5. The standard InChI is InChI=1S/C30H28ClF2N3O5/c1-18-13-21(27(32)33)14-24(31)26(18)36-17-34-28(25(29(36)37)30(38)41-4)35(15-19-5-9-22(39-2)10-6-19)16-20-7-11-23(40-3)12-8-20/h5-14,17,27H,15-16H2,1-4H3. The van der Waals surface area contributed by atoms with E-state index in [0.717, 1.165) is 28.9 Å². The maximum absolute atomic E-state index is 13.8. The van der Waals surface area contributed by atoms with Gasteiger partial charge in [-0.15, -0.1) is 0 Å². The highest BCUT2D eigenvalue weighted by molar-refractivity contribution is 6.32. The first-order chi connectivity index (χ1) is 19.7. The minimum absolute atomic E-state index is 0.0823. The SMILES string of the molecule is COC(=O)c1c(N(Cc2ccc(OC)cc2)Cc2ccc(OC)cc2)ncn(-c2c(C)cc(C(F)F)cc2Cl)c1=O. The molecule has 0 aliphatic rings. The number of carbonyl (C=O) groups excluding carboxylic acids is 1. The molecule has 0 amide bonds. The molecule has 0 aliphatic heterocycles. The minimum Gasteiger partial charge on any atom is -0.497 e. The van der Waals surface area contributed by atoms with Gasteiger partial charge in [0.25, 0.3) is 12.0 Å². The van der Waals surface area contributed by atoms with Crippen molar-refractivity contribution < 1.29 is 27.8 Å². The lowest BCUT2D eigenvalue weighted by Crippen LogP contribution is -2.33. The quantitative estimate of drug-likeness (QED) is 0.207. The van der Waals surface area contributed by atoms with Crippen molar-refractivity contribution in [2.24, 2.45) is 0 Å². The lowest BCUT2D eigenvalue weighted by Gasteiger charge is -2.26. The molecule has 0 saturated heterocycles. The average Bonchev–Trinajstić information content (AvgIpc) is 2.97. The van der Waals surface area contributed by atoms with E-state index in [9.17, 15) is 18.4 Å². The van der Waals surface area contributed by atoms with Crippen LogP contribution in [0.5, 0.6) is 11.5 Å². The summed E-state index contributed by atoms with van der Waals surface area (Å²) in [6.45, 7) is 2.10. The Balaban J connectivity index is 1.86. The summed E-state index contributed by atoms with van der Waals surface area (Å²) in [6.07, 6.45) is -1.51. The zero-order chi connectivity index (χ0) is 29.7. The smallest absolute Gasteiger partial charge is 0.347 e. The summed E-state index contributed by atoms with van der Waals surface area (Å²) in [5.41, 5.74) is 0.810. The number of alkyl halides is 2. The van der Waals surface area contributed by atoms with E-state index in [1.165, 1.54) is 12.4 Å². The van der Waals surface area contributed by atoms with E-state index in [2.05, 4.69) is 4.98 Å². The molecular weight excluding hydrogens is 556 g/mol. The molecule has 1 aromatic heterocycles. The number of hydrogen-bond donors (Lipinski definition) is 0. The van der Waals surface area contributed by atoms with Crippen molar-refractivity contribution in [2.45, 2.75) is 26.4 Å². The summed E-state index contributed by atoms with van der Waals surface area (Å²) in [6, 6.07) is 17.0. The lowest BCUT2D eigenvalue weighted by atomic mass is 10.1. The first kappa shape index (κ1) is 29.5. The number of anilines is 1. The molecule has 0 radical (unpaired) electrons. The number of nitrogens with zero attached hydrogens (tertiary/aromatic N) is 3. The highest BCUT2D eigenvalue weighted by Gasteiger charge is 2.27. The van der Waals surface area contributed by atoms with E-state index in [0.29, 0.717) is 17.1 Å². The van der Waals surface area contributed by atoms with Crippen LogP contribution in [0, 0.1) is 6.92 Å². The van der Waals surface area contributed by atoms with Gasteiger partial charge in [0, 0.05) is 18.7 Å². The fraction of sp³-hybridized carbons (Fsp3) is 0.233. The van der Waals surface area contributed by atoms with Crippen LogP contribution in [0.1, 0.15) is 39.0 Å². The molecule has 4 aromatic rings. The number of rotatable bonds is 10. The molecule has 0 bridgehead atoms. The van der Waals surface area contributed by atoms with Crippen LogP contribution in [0.3, 0.4) is 0 Å². The van der Waals surface area contributed by atoms with Crippen molar-refractivity contribution in [3.05, 3.63) is 110 Å². The number of esters is 1. The summed E-state index contributed by atoms with van der Waals surface area (Å²) in [4.78, 5) is 33.2. The third-order valence-corrected chi connectivity index (χ3v) is 6.76. The molecule has 1 heterocycles. The maximum Gasteiger partial charge on any atom is 0.347 e. The second kappa shape index (κ2) is 12.8. The van der Waals surface area contributed by atoms with Crippen molar-refractivity contribution in [1.82, 2.24) is 9.55 Å². The summed E-state index contributed by atoms with van der Waals surface area (Å²) >= 11 is 6.35. The fourth-order valence-corrected chi connectivity index (χ4v) is 4.79. The number of aromatic nitrogens is 2. The molecule has 0 N–H and O–H groups in total. The zero-order valence-electron chi connectivity index (χ0n) is 22.9. The van der Waals surface area contributed by atoms with Crippen molar-refractivity contribution in [2.75, 3.05) is 26.2 Å². The number of carbonyl (C=O) groups is 1. The van der Waals surface area contributed by atoms with E-state index in [1.807, 2.05) is 24.3 Å². The van der Waals surface area contributed by atoms with Crippen LogP contribution >= 0.6 is 11.6 Å². The summed E-state index contributed by atoms with van der Waals surface area (Å²) in [7, 11) is 4.30. The van der Waals surface area contributed by atoms with Crippen LogP contribution in [0.15, 0.2) is 71.8 Å². The Morgan fingerprint density at radius 2 is 1.49 bits per heavy atom. The van der Waals surface area contributed by atoms with Gasteiger partial charge < -0.3 is 19.1 Å². The van der Waals surface area contributed by atoms with Gasteiger partial charge in [-0.25, -0.2) is 18.6 Å². The number of aryl methyl sites for hydroxylation is 1. The number of halogens is 3. The molecule has 0 atom stereocenters. The van der Waals surface area contributed by atoms with E-state index in [4.69, 9.17) is 25.8 Å². The van der Waals surface area contributed by atoms with Gasteiger partial charge in [0.2, 0.25) is 0 Å². The summed E-state index contributed by atoms with van der Waals surface area (Å²) < 4.78 is 43.2. The van der Waals surface area contributed by atoms with E-state index >= 15 is 0 Å². The monoisotopic (exact) mass is 583 g/mol. The molecular formula is C30H28ClF2N3O5. The molecule has 0 aliphatic carbocycles. The van der Waals surface area contributed by atoms with Gasteiger partial charge in [0.1, 0.15) is 17.8 Å². The first-order valence-corrected chi connectivity index (χ1v) is 12.8. The number of benzene rings is 3. The van der Waals surface area contributed by atoms with Gasteiger partial charge in [-0.3, -0.25) is 9.36 Å². The molecule has 0 spiro atoms. The molecule has 0 fully saturated rings. The number of ether oxygens (including phenoxy) is 3. The lowest BCUT2D eigenvalue weighted by molar-refractivity contribution is 0.0598. The predicted octanol–water partition coefficient (Wildman–Crippen LogP) is 6.14. The van der Waals surface area contributed by atoms with E-state index in [-0.39, 0.29) is 40.7 Å². The van der Waals surface area contributed by atoms with Gasteiger partial charge in [0.15, 0.2) is 11.4 Å². The Labute approximate surface area is 240 Å². The van der Waals surface area contributed by atoms with Gasteiger partial charge in [-0.1, -0.05) is 35.9 Å². The van der Waals surface area contributed by atoms with Crippen LogP contribution in [0.25, 0.3) is 5.69 Å². The van der Waals surface area contributed by atoms with Crippen molar-refractivity contribution in [3.8, 4) is 17.2 Å². The largest absolute Gasteiger partial charge is 0.497 e. The molecule has 0 unspecified atom stereocenters. The van der Waals surface area contributed by atoms with Crippen molar-refractivity contribution in [3.63, 3.8) is 0 Å². The highest BCUT2D eigenvalue weighted by Crippen LogP contribution is 2.31. The van der Waals surface area contributed by atoms with Gasteiger partial charge in [-0.05, 0) is 60.0 Å². The molecule has 4 rings (SSSR count). The molecule has 0 saturated carbocycles. The number of methoxy groups -OCH3 is 3. The molecule has 214 valence electrons. The Kier molecular flexibility index (Phi) is 9.24. The molecule has 8 nitrogen and oxygen atoms in total. The minimum atomic E-state index is -2.74. The second-order valence-corrected chi connectivity index (χ2v) is 9.54. The van der Waals surface area contributed by atoms with Gasteiger partial charge >= 0.3 is 5.97 Å². The third kappa shape index (κ3) is 6.49. The Morgan fingerprint density at radius 3 is 1.93 bits per heavy atom. The van der Waals surface area contributed by atoms with E-state index < -0.39 is 18.0 Å². The Bertz CT molecular complexity index is 1520. The topological polar surface area (TPSA) is 82.9 Å². The van der Waals surface area contributed by atoms with Crippen LogP contribution in [-0.4, -0.2) is 36.8 Å². The van der Waals surface area contributed by atoms with Gasteiger partial charge in [-0.2, -0.15) is 0 Å². The summed E-state index contributed by atoms with van der Waals surface area (Å²) in [5.74, 6) is 0.537. The van der Waals surface area contributed by atoms with Crippen LogP contribution in [0.2, 0.25) is 5.02 Å². The van der Waals surface area contributed by atoms with Crippen LogP contribution < -0.4 is 19.9 Å².